The molecule has 0 saturated carbocycles. The Hall–Kier alpha value is -2.89. The second-order valence-electron chi connectivity index (χ2n) is 5.29. The van der Waals surface area contributed by atoms with Crippen molar-refractivity contribution in [1.29, 1.82) is 0 Å². The zero-order chi connectivity index (χ0) is 15.5. The van der Waals surface area contributed by atoms with Gasteiger partial charge in [0.05, 0.1) is 17.0 Å². The highest BCUT2D eigenvalue weighted by molar-refractivity contribution is 5.86. The Kier molecular flexibility index (Phi) is 3.74. The van der Waals surface area contributed by atoms with Crippen LogP contribution in [0, 0.1) is 0 Å². The quantitative estimate of drug-likeness (QED) is 0.690. The largest absolute Gasteiger partial charge is 0.366 e. The molecule has 0 atom stereocenters. The fourth-order valence-corrected chi connectivity index (χ4v) is 2.27. The number of aromatic amines is 2. The summed E-state index contributed by atoms with van der Waals surface area (Å²) in [7, 11) is 0. The third-order valence-corrected chi connectivity index (χ3v) is 3.19. The molecular formula is C16H17N5O. The molecule has 0 amide bonds. The van der Waals surface area contributed by atoms with Gasteiger partial charge in [-0.15, -0.1) is 0 Å². The van der Waals surface area contributed by atoms with Crippen LogP contribution in [-0.4, -0.2) is 26.4 Å². The average Bonchev–Trinajstić information content (AvgIpc) is 2.92. The molecule has 6 nitrogen and oxygen atoms in total. The van der Waals surface area contributed by atoms with Gasteiger partial charge in [0.1, 0.15) is 0 Å². The van der Waals surface area contributed by atoms with Gasteiger partial charge < -0.3 is 5.32 Å². The second-order valence-corrected chi connectivity index (χ2v) is 5.29. The summed E-state index contributed by atoms with van der Waals surface area (Å²) in [5.41, 5.74) is 3.15. The molecule has 2 aromatic heterocycles. The molecular weight excluding hydrogens is 278 g/mol. The van der Waals surface area contributed by atoms with Crippen LogP contribution in [0.3, 0.4) is 0 Å². The molecule has 112 valence electrons. The van der Waals surface area contributed by atoms with Crippen molar-refractivity contribution in [3.05, 3.63) is 52.8 Å². The van der Waals surface area contributed by atoms with Gasteiger partial charge in [-0.3, -0.25) is 9.89 Å². The lowest BCUT2D eigenvalue weighted by Crippen LogP contribution is -2.11. The molecule has 0 unspecified atom stereocenters. The summed E-state index contributed by atoms with van der Waals surface area (Å²) >= 11 is 0. The van der Waals surface area contributed by atoms with Crippen LogP contribution < -0.4 is 10.9 Å². The number of hydrogen-bond acceptors (Lipinski definition) is 4. The van der Waals surface area contributed by atoms with E-state index in [1.807, 2.05) is 44.2 Å². The van der Waals surface area contributed by atoms with Crippen molar-refractivity contribution in [3.63, 3.8) is 0 Å². The first-order valence-corrected chi connectivity index (χ1v) is 7.11. The van der Waals surface area contributed by atoms with E-state index in [0.717, 1.165) is 16.8 Å². The van der Waals surface area contributed by atoms with Crippen molar-refractivity contribution in [2.45, 2.75) is 19.9 Å². The third kappa shape index (κ3) is 2.76. The van der Waals surface area contributed by atoms with Crippen molar-refractivity contribution in [1.82, 2.24) is 20.4 Å². The van der Waals surface area contributed by atoms with E-state index in [0.29, 0.717) is 11.5 Å². The molecule has 2 heterocycles. The number of nitrogens with zero attached hydrogens (tertiary/aromatic N) is 2. The molecule has 6 heteroatoms. The molecule has 0 aliphatic carbocycles. The van der Waals surface area contributed by atoms with Crippen LogP contribution in [0.1, 0.15) is 13.8 Å². The Labute approximate surface area is 127 Å². The molecule has 0 spiro atoms. The molecule has 3 N–H and O–H groups in total. The van der Waals surface area contributed by atoms with Crippen LogP contribution >= 0.6 is 0 Å². The Bertz CT molecular complexity index is 800. The fraction of sp³-hybridized carbons (Fsp3) is 0.188. The van der Waals surface area contributed by atoms with E-state index in [4.69, 9.17) is 0 Å². The summed E-state index contributed by atoms with van der Waals surface area (Å²) in [6.45, 7) is 4.09. The lowest BCUT2D eigenvalue weighted by atomic mass is 10.0. The predicted molar refractivity (Wildman–Crippen MR) is 86.6 cm³/mol. The maximum absolute atomic E-state index is 11.3. The Morgan fingerprint density at radius 2 is 1.77 bits per heavy atom. The number of H-pyrrole nitrogens is 2. The monoisotopic (exact) mass is 295 g/mol. The number of nitrogens with one attached hydrogen (secondary N) is 3. The fourth-order valence-electron chi connectivity index (χ4n) is 2.27. The summed E-state index contributed by atoms with van der Waals surface area (Å²) in [5, 5.41) is 17.3. The van der Waals surface area contributed by atoms with Crippen LogP contribution in [0.4, 0.5) is 5.82 Å². The number of anilines is 1. The van der Waals surface area contributed by atoms with E-state index in [-0.39, 0.29) is 11.6 Å². The molecule has 22 heavy (non-hydrogen) atoms. The highest BCUT2D eigenvalue weighted by Crippen LogP contribution is 2.34. The highest BCUT2D eigenvalue weighted by Gasteiger charge is 2.18. The van der Waals surface area contributed by atoms with Gasteiger partial charge in [-0.1, -0.05) is 30.3 Å². The van der Waals surface area contributed by atoms with Gasteiger partial charge in [0.15, 0.2) is 5.82 Å². The van der Waals surface area contributed by atoms with E-state index in [9.17, 15) is 4.79 Å². The first-order chi connectivity index (χ1) is 10.6. The van der Waals surface area contributed by atoms with Crippen molar-refractivity contribution in [3.8, 4) is 22.5 Å². The SMILES string of the molecule is CC(C)Nc1n[nH]c(-c2ccccc2)c1-c1ccc(=O)[nH]n1. The van der Waals surface area contributed by atoms with Gasteiger partial charge in [0.25, 0.3) is 5.56 Å². The first-order valence-electron chi connectivity index (χ1n) is 7.11. The van der Waals surface area contributed by atoms with Gasteiger partial charge in [0.2, 0.25) is 0 Å². The van der Waals surface area contributed by atoms with Crippen molar-refractivity contribution in [2.75, 3.05) is 5.32 Å². The molecule has 0 fully saturated rings. The van der Waals surface area contributed by atoms with E-state index in [1.165, 1.54) is 6.07 Å². The first kappa shape index (κ1) is 14.1. The lowest BCUT2D eigenvalue weighted by Gasteiger charge is -2.10. The summed E-state index contributed by atoms with van der Waals surface area (Å²) in [6.07, 6.45) is 0. The van der Waals surface area contributed by atoms with E-state index >= 15 is 0 Å². The molecule has 0 aliphatic heterocycles. The summed E-state index contributed by atoms with van der Waals surface area (Å²) in [6, 6.07) is 13.3. The van der Waals surface area contributed by atoms with Crippen LogP contribution in [-0.2, 0) is 0 Å². The second kappa shape index (κ2) is 5.85. The predicted octanol–water partition coefficient (Wildman–Crippen LogP) is 2.65. The molecule has 0 bridgehead atoms. The zero-order valence-corrected chi connectivity index (χ0v) is 12.4. The van der Waals surface area contributed by atoms with E-state index in [2.05, 4.69) is 25.7 Å². The van der Waals surface area contributed by atoms with Gasteiger partial charge >= 0.3 is 0 Å². The number of hydrogen-bond donors (Lipinski definition) is 3. The third-order valence-electron chi connectivity index (χ3n) is 3.19. The smallest absolute Gasteiger partial charge is 0.264 e. The standard InChI is InChI=1S/C16H17N5O/c1-10(2)17-16-14(12-8-9-13(22)19-18-12)15(20-21-16)11-6-4-3-5-7-11/h3-10H,1-2H3,(H,19,22)(H2,17,20,21). The van der Waals surface area contributed by atoms with Gasteiger partial charge in [-0.2, -0.15) is 10.2 Å². The normalized spacial score (nSPS) is 10.9. The van der Waals surface area contributed by atoms with Gasteiger partial charge in [-0.25, -0.2) is 5.10 Å². The van der Waals surface area contributed by atoms with Crippen LogP contribution in [0.2, 0.25) is 0 Å². The number of aromatic nitrogens is 4. The lowest BCUT2D eigenvalue weighted by molar-refractivity contribution is 0.884. The summed E-state index contributed by atoms with van der Waals surface area (Å²) < 4.78 is 0. The summed E-state index contributed by atoms with van der Waals surface area (Å²) in [4.78, 5) is 11.3. The minimum Gasteiger partial charge on any atom is -0.366 e. The Morgan fingerprint density at radius 1 is 1.00 bits per heavy atom. The molecule has 0 saturated heterocycles. The Morgan fingerprint density at radius 3 is 2.41 bits per heavy atom. The minimum atomic E-state index is -0.230. The van der Waals surface area contributed by atoms with Crippen molar-refractivity contribution < 1.29 is 0 Å². The topological polar surface area (TPSA) is 86.5 Å². The van der Waals surface area contributed by atoms with Gasteiger partial charge in [-0.05, 0) is 19.9 Å². The molecule has 1 aromatic carbocycles. The molecule has 0 radical (unpaired) electrons. The number of rotatable bonds is 4. The maximum atomic E-state index is 11.3. The molecule has 3 rings (SSSR count). The van der Waals surface area contributed by atoms with Gasteiger partial charge in [0, 0.05) is 17.7 Å². The van der Waals surface area contributed by atoms with E-state index < -0.39 is 0 Å². The zero-order valence-electron chi connectivity index (χ0n) is 12.4. The minimum absolute atomic E-state index is 0.230. The van der Waals surface area contributed by atoms with Crippen LogP contribution in [0.25, 0.3) is 22.5 Å². The Balaban J connectivity index is 2.17. The molecule has 0 aliphatic rings. The maximum Gasteiger partial charge on any atom is 0.264 e. The van der Waals surface area contributed by atoms with Crippen molar-refractivity contribution >= 4 is 5.82 Å². The van der Waals surface area contributed by atoms with Crippen LogP contribution in [0.5, 0.6) is 0 Å². The van der Waals surface area contributed by atoms with Crippen molar-refractivity contribution in [2.24, 2.45) is 0 Å². The van der Waals surface area contributed by atoms with E-state index in [1.54, 1.807) is 6.07 Å². The number of benzene rings is 1. The van der Waals surface area contributed by atoms with Crippen LogP contribution in [0.15, 0.2) is 47.3 Å². The summed E-state index contributed by atoms with van der Waals surface area (Å²) in [5.74, 6) is 0.716. The molecule has 3 aromatic rings. The highest BCUT2D eigenvalue weighted by atomic mass is 16.1. The average molecular weight is 295 g/mol.